The zero-order chi connectivity index (χ0) is 38.2. The number of hydrogen-bond acceptors (Lipinski definition) is 3. The molecule has 302 valence electrons. The van der Waals surface area contributed by atoms with Crippen LogP contribution < -0.4 is 13.7 Å². The van der Waals surface area contributed by atoms with E-state index in [4.69, 9.17) is 0 Å². The normalized spacial score (nSPS) is 11.6. The minimum absolute atomic E-state index is 0.526. The van der Waals surface area contributed by atoms with Gasteiger partial charge in [0.1, 0.15) is 19.6 Å². The van der Waals surface area contributed by atoms with Crippen LogP contribution in [0.2, 0.25) is 0 Å². The number of pyridine rings is 3. The monoisotopic (exact) mass is 795 g/mol. The zero-order valence-electron chi connectivity index (χ0n) is 35.1. The summed E-state index contributed by atoms with van der Waals surface area (Å²) >= 11 is 6.10. The van der Waals surface area contributed by atoms with E-state index in [0.29, 0.717) is 5.25 Å². The molecule has 0 saturated carbocycles. The zero-order valence-corrected chi connectivity index (χ0v) is 37.5. The van der Waals surface area contributed by atoms with Crippen molar-refractivity contribution >= 4 is 35.3 Å². The summed E-state index contributed by atoms with van der Waals surface area (Å²) < 4.78 is 7.15. The van der Waals surface area contributed by atoms with Crippen LogP contribution in [0.15, 0.2) is 88.3 Å². The predicted molar refractivity (Wildman–Crippen MR) is 239 cm³/mol. The number of unbranched alkanes of at least 4 members (excludes halogenated alkanes) is 21. The average Bonchev–Trinajstić information content (AvgIpc) is 3.20. The highest BCUT2D eigenvalue weighted by molar-refractivity contribution is 8.05. The fourth-order valence-electron chi connectivity index (χ4n) is 7.02. The Balaban J connectivity index is 1.46. The second-order valence-electron chi connectivity index (χ2n) is 15.6. The van der Waals surface area contributed by atoms with Gasteiger partial charge in [0.2, 0.25) is 0 Å². The van der Waals surface area contributed by atoms with Crippen LogP contribution in [-0.2, 0) is 19.6 Å². The third-order valence-electron chi connectivity index (χ3n) is 10.6. The summed E-state index contributed by atoms with van der Waals surface area (Å²) in [6.45, 7) is 10.3. The number of hydrogen-bond donors (Lipinski definition) is 0. The third kappa shape index (κ3) is 23.5. The van der Waals surface area contributed by atoms with Gasteiger partial charge >= 0.3 is 0 Å². The molecule has 0 fully saturated rings. The Morgan fingerprint density at radius 2 is 0.611 bits per heavy atom. The number of rotatable bonds is 35. The highest BCUT2D eigenvalue weighted by Gasteiger charge is 2.15. The first-order valence-electron chi connectivity index (χ1n) is 22.6. The fourth-order valence-corrected chi connectivity index (χ4v) is 10.4. The molecule has 0 radical (unpaired) electrons. The van der Waals surface area contributed by atoms with E-state index in [1.54, 1.807) is 0 Å². The lowest BCUT2D eigenvalue weighted by Gasteiger charge is -2.16. The van der Waals surface area contributed by atoms with Crippen LogP contribution in [0.25, 0.3) is 0 Å². The molecule has 3 rings (SSSR count). The Morgan fingerprint density at radius 1 is 0.352 bits per heavy atom. The summed E-state index contributed by atoms with van der Waals surface area (Å²) in [5.41, 5.74) is 0. The molecule has 0 aliphatic rings. The lowest BCUT2D eigenvalue weighted by atomic mass is 10.1. The maximum atomic E-state index is 2.39. The van der Waals surface area contributed by atoms with E-state index in [1.165, 1.54) is 169 Å². The Bertz CT molecular complexity index is 1200. The Hall–Kier alpha value is -1.50. The lowest BCUT2D eigenvalue weighted by molar-refractivity contribution is -0.697. The van der Waals surface area contributed by atoms with Gasteiger partial charge in [0.25, 0.3) is 0 Å². The van der Waals surface area contributed by atoms with Crippen LogP contribution in [0.1, 0.15) is 175 Å². The smallest absolute Gasteiger partial charge is 0.169 e. The van der Waals surface area contributed by atoms with Crippen molar-refractivity contribution in [3.63, 3.8) is 0 Å². The van der Waals surface area contributed by atoms with Crippen molar-refractivity contribution in [1.29, 1.82) is 0 Å². The maximum absolute atomic E-state index is 2.39. The summed E-state index contributed by atoms with van der Waals surface area (Å²) in [6.07, 6.45) is 46.8. The summed E-state index contributed by atoms with van der Waals surface area (Å²) in [5.74, 6) is 2.22. The van der Waals surface area contributed by atoms with Crippen LogP contribution in [0.4, 0.5) is 0 Å². The van der Waals surface area contributed by atoms with Gasteiger partial charge in [-0.05, 0) is 19.3 Å². The van der Waals surface area contributed by atoms with Gasteiger partial charge in [-0.15, -0.1) is 35.3 Å². The van der Waals surface area contributed by atoms with Crippen LogP contribution in [0, 0.1) is 0 Å². The van der Waals surface area contributed by atoms with Crippen molar-refractivity contribution in [2.24, 2.45) is 0 Å². The SMILES string of the molecule is CCCCCCCCCC[n+]1ccc(SCC(CSc2cc[n+](CCCCCCCCCC)cc2)Sc2cc[n+](CCCCCCCCCC)cc2)cc1. The van der Waals surface area contributed by atoms with Gasteiger partial charge in [0.15, 0.2) is 37.2 Å². The quantitative estimate of drug-likeness (QED) is 0.0334. The fraction of sp³-hybridized carbons (Fsp3) is 0.688. The molecule has 54 heavy (non-hydrogen) atoms. The van der Waals surface area contributed by atoms with E-state index in [2.05, 4.69) is 120 Å². The van der Waals surface area contributed by atoms with E-state index in [1.807, 2.05) is 23.5 Å². The van der Waals surface area contributed by atoms with E-state index in [9.17, 15) is 0 Å². The average molecular weight is 795 g/mol. The van der Waals surface area contributed by atoms with Crippen LogP contribution in [-0.4, -0.2) is 16.8 Å². The highest BCUT2D eigenvalue weighted by atomic mass is 32.2. The molecule has 0 aromatic carbocycles. The molecule has 0 atom stereocenters. The van der Waals surface area contributed by atoms with Crippen LogP contribution in [0.3, 0.4) is 0 Å². The Kier molecular flexibility index (Phi) is 28.3. The van der Waals surface area contributed by atoms with Crippen molar-refractivity contribution in [2.45, 2.75) is 214 Å². The molecular weight excluding hydrogens is 715 g/mol. The molecule has 0 aliphatic carbocycles. The molecular formula is C48H80N3S3+3. The van der Waals surface area contributed by atoms with Crippen LogP contribution >= 0.6 is 35.3 Å². The van der Waals surface area contributed by atoms with Gasteiger partial charge in [-0.25, -0.2) is 13.7 Å². The first-order chi connectivity index (χ1) is 26.7. The number of aromatic nitrogens is 3. The predicted octanol–water partition coefficient (Wildman–Crippen LogP) is 14.0. The maximum Gasteiger partial charge on any atom is 0.169 e. The van der Waals surface area contributed by atoms with Gasteiger partial charge in [0.05, 0.1) is 0 Å². The number of nitrogens with zero attached hydrogens (tertiary/aromatic N) is 3. The molecule has 0 aliphatic heterocycles. The van der Waals surface area contributed by atoms with Gasteiger partial charge in [-0.3, -0.25) is 0 Å². The van der Waals surface area contributed by atoms with E-state index in [0.717, 1.165) is 31.1 Å². The molecule has 0 bridgehead atoms. The van der Waals surface area contributed by atoms with E-state index < -0.39 is 0 Å². The van der Waals surface area contributed by atoms with Gasteiger partial charge < -0.3 is 0 Å². The molecule has 6 heteroatoms. The molecule has 0 N–H and O–H groups in total. The van der Waals surface area contributed by atoms with Gasteiger partial charge in [-0.2, -0.15) is 0 Å². The number of thioether (sulfide) groups is 3. The minimum Gasteiger partial charge on any atom is -0.205 e. The minimum atomic E-state index is 0.526. The first kappa shape index (κ1) is 46.9. The third-order valence-corrected chi connectivity index (χ3v) is 14.5. The van der Waals surface area contributed by atoms with Crippen molar-refractivity contribution in [2.75, 3.05) is 11.5 Å². The van der Waals surface area contributed by atoms with Crippen molar-refractivity contribution in [3.05, 3.63) is 73.6 Å². The standard InChI is InChI=1S/C48H80N3S3/c1-4-7-10-13-16-19-22-25-34-49-37-28-45(29-38-49)52-43-48(54-47-32-41-51(42-33-47)36-27-24-21-18-15-12-9-6-3)44-53-46-30-39-50(40-31-46)35-26-23-20-17-14-11-8-5-2/h28-33,37-42,48H,4-27,34-36,43-44H2,1-3H3/q+3. The summed E-state index contributed by atoms with van der Waals surface area (Å²) in [7, 11) is 0. The van der Waals surface area contributed by atoms with Crippen LogP contribution in [0.5, 0.6) is 0 Å². The molecule has 3 aromatic heterocycles. The Morgan fingerprint density at radius 3 is 0.907 bits per heavy atom. The number of aryl methyl sites for hydroxylation is 3. The second kappa shape index (κ2) is 32.6. The first-order valence-corrected chi connectivity index (χ1v) is 25.4. The van der Waals surface area contributed by atoms with E-state index in [-0.39, 0.29) is 0 Å². The molecule has 3 aromatic rings. The largest absolute Gasteiger partial charge is 0.205 e. The second-order valence-corrected chi connectivity index (χ2v) is 19.2. The van der Waals surface area contributed by atoms with Gasteiger partial charge in [-0.1, -0.05) is 136 Å². The lowest BCUT2D eigenvalue weighted by Crippen LogP contribution is -2.32. The molecule has 3 heterocycles. The molecule has 0 unspecified atom stereocenters. The molecule has 0 amide bonds. The highest BCUT2D eigenvalue weighted by Crippen LogP contribution is 2.32. The summed E-state index contributed by atoms with van der Waals surface area (Å²) in [6, 6.07) is 14.1. The molecule has 0 spiro atoms. The summed E-state index contributed by atoms with van der Waals surface area (Å²) in [5, 5.41) is 0.526. The van der Waals surface area contributed by atoms with Crippen molar-refractivity contribution in [3.8, 4) is 0 Å². The van der Waals surface area contributed by atoms with Crippen molar-refractivity contribution in [1.82, 2.24) is 0 Å². The van der Waals surface area contributed by atoms with E-state index >= 15 is 0 Å². The van der Waals surface area contributed by atoms with Crippen molar-refractivity contribution < 1.29 is 13.7 Å². The molecule has 3 nitrogen and oxygen atoms in total. The molecule has 0 saturated heterocycles. The Labute approximate surface area is 346 Å². The summed E-state index contributed by atoms with van der Waals surface area (Å²) in [4.78, 5) is 4.16. The topological polar surface area (TPSA) is 11.6 Å². The van der Waals surface area contributed by atoms with Gasteiger partial charge in [0, 0.05) is 87.1 Å².